The molecule has 4 bridgehead atoms. The van der Waals surface area contributed by atoms with Crippen molar-refractivity contribution in [2.24, 2.45) is 17.2 Å². The second-order valence-corrected chi connectivity index (χ2v) is 17.6. The van der Waals surface area contributed by atoms with Gasteiger partial charge in [0.2, 0.25) is 17.7 Å². The van der Waals surface area contributed by atoms with Crippen LogP contribution in [0.25, 0.3) is 22.4 Å². The van der Waals surface area contributed by atoms with Crippen molar-refractivity contribution >= 4 is 29.6 Å². The largest absolute Gasteiger partial charge is 0.507 e. The van der Waals surface area contributed by atoms with Crippen LogP contribution >= 0.6 is 0 Å². The summed E-state index contributed by atoms with van der Waals surface area (Å²) in [6, 6.07) is 8.69. The lowest BCUT2D eigenvalue weighted by molar-refractivity contribution is -0.143. The van der Waals surface area contributed by atoms with Crippen molar-refractivity contribution in [1.82, 2.24) is 25.8 Å². The maximum atomic E-state index is 14.5. The maximum Gasteiger partial charge on any atom is 0.326 e. The molecule has 0 spiro atoms. The number of ether oxygens (including phenoxy) is 2. The van der Waals surface area contributed by atoms with E-state index in [-0.39, 0.29) is 83.3 Å². The topological polar surface area (TPSA) is 315 Å². The van der Waals surface area contributed by atoms with Crippen molar-refractivity contribution in [3.05, 3.63) is 88.1 Å². The first-order chi connectivity index (χ1) is 31.6. The van der Waals surface area contributed by atoms with E-state index in [1.54, 1.807) is 43.3 Å². The third kappa shape index (κ3) is 12.0. The van der Waals surface area contributed by atoms with Crippen LogP contribution in [0.15, 0.2) is 54.6 Å². The van der Waals surface area contributed by atoms with Crippen LogP contribution in [0.4, 0.5) is 0 Å². The van der Waals surface area contributed by atoms with Crippen LogP contribution in [0.5, 0.6) is 23.0 Å². The second-order valence-electron chi connectivity index (χ2n) is 17.6. The van der Waals surface area contributed by atoms with Crippen LogP contribution in [0.1, 0.15) is 85.4 Å². The number of hydrogen-bond donors (Lipinski definition) is 10. The Labute approximate surface area is 389 Å². The molecule has 1 aromatic heterocycles. The average molecular weight is 927 g/mol. The van der Waals surface area contributed by atoms with Gasteiger partial charge in [-0.1, -0.05) is 32.9 Å². The number of aromatic hydroxyl groups is 2. The van der Waals surface area contributed by atoms with Gasteiger partial charge in [0.05, 0.1) is 23.6 Å². The Balaban J connectivity index is 1.59. The van der Waals surface area contributed by atoms with Gasteiger partial charge in [0, 0.05) is 43.2 Å². The molecule has 2 heterocycles. The number of fused-ring (bicyclic) bond motifs is 5. The van der Waals surface area contributed by atoms with Gasteiger partial charge in [0.1, 0.15) is 48.4 Å². The molecule has 13 N–H and O–H groups in total. The molecule has 0 fully saturated rings. The zero-order chi connectivity index (χ0) is 49.5. The van der Waals surface area contributed by atoms with E-state index in [1.807, 2.05) is 26.8 Å². The molecule has 360 valence electrons. The minimum absolute atomic E-state index is 0.000399. The molecule has 5 rings (SSSR count). The average Bonchev–Trinajstić information content (AvgIpc) is 3.27. The van der Waals surface area contributed by atoms with Crippen LogP contribution in [0, 0.1) is 6.92 Å². The lowest BCUT2D eigenvalue weighted by Crippen LogP contribution is -2.54. The highest BCUT2D eigenvalue weighted by atomic mass is 16.5. The number of pyridine rings is 1. The van der Waals surface area contributed by atoms with E-state index >= 15 is 0 Å². The highest BCUT2D eigenvalue weighted by Crippen LogP contribution is 2.45. The van der Waals surface area contributed by atoms with E-state index in [1.165, 1.54) is 33.0 Å². The van der Waals surface area contributed by atoms with E-state index in [4.69, 9.17) is 26.7 Å². The zero-order valence-corrected chi connectivity index (χ0v) is 38.8. The first-order valence-electron chi connectivity index (χ1n) is 21.9. The fourth-order valence-electron chi connectivity index (χ4n) is 7.63. The zero-order valence-electron chi connectivity index (χ0n) is 38.8. The van der Waals surface area contributed by atoms with Gasteiger partial charge < -0.3 is 68.0 Å². The lowest BCUT2D eigenvalue weighted by atomic mass is 9.86. The van der Waals surface area contributed by atoms with Gasteiger partial charge in [0.25, 0.3) is 5.91 Å². The molecule has 0 unspecified atom stereocenters. The highest BCUT2D eigenvalue weighted by molar-refractivity contribution is 6.01. The number of rotatable bonds is 15. The number of carbonyl (C=O) groups excluding carboxylic acids is 4. The molecule has 19 heteroatoms. The summed E-state index contributed by atoms with van der Waals surface area (Å²) in [5.41, 5.74) is 20.5. The summed E-state index contributed by atoms with van der Waals surface area (Å²) < 4.78 is 11.9. The Morgan fingerprint density at radius 1 is 0.940 bits per heavy atom. The van der Waals surface area contributed by atoms with E-state index in [0.29, 0.717) is 35.3 Å². The van der Waals surface area contributed by atoms with E-state index in [9.17, 15) is 44.4 Å². The van der Waals surface area contributed by atoms with E-state index < -0.39 is 65.6 Å². The number of nitrogens with two attached hydrogens (primary N) is 3. The van der Waals surface area contributed by atoms with Crippen LogP contribution in [-0.2, 0) is 37.6 Å². The SMILES string of the molecule is Cc1nc(-c2ccc(C(C)(C)C)cc2O)cc(CN)c1C(=O)N[C@@H](C)C(=O)N(C)[C@@H]1C(=O)N[C@@H](C)C(=O)N[C@H](C(=O)O)Cc2ccc(OCCCN)c(c2)-c2cc1cc(OC[C@H](O)CN)c2O. The number of benzene rings is 3. The molecule has 1 aliphatic rings. The Morgan fingerprint density at radius 3 is 2.28 bits per heavy atom. The van der Waals surface area contributed by atoms with E-state index in [2.05, 4.69) is 20.9 Å². The van der Waals surface area contributed by atoms with Crippen LogP contribution in [0.3, 0.4) is 0 Å². The molecule has 0 radical (unpaired) electrons. The number of hydrogen-bond acceptors (Lipinski definition) is 14. The number of phenolic OH excluding ortho intramolecular Hbond substituents is 2. The summed E-state index contributed by atoms with van der Waals surface area (Å²) in [4.78, 5) is 74.7. The van der Waals surface area contributed by atoms with Crippen molar-refractivity contribution in [3.8, 4) is 45.4 Å². The number of likely N-dealkylation sites (N-methyl/N-ethyl adjacent to an activating group) is 1. The minimum Gasteiger partial charge on any atom is -0.507 e. The highest BCUT2D eigenvalue weighted by Gasteiger charge is 2.36. The van der Waals surface area contributed by atoms with Crippen LogP contribution in [-0.4, -0.2) is 117 Å². The number of carboxylic acid groups (broad SMARTS) is 1. The van der Waals surface area contributed by atoms with Gasteiger partial charge in [0.15, 0.2) is 11.5 Å². The molecule has 67 heavy (non-hydrogen) atoms. The van der Waals surface area contributed by atoms with Gasteiger partial charge in [-0.2, -0.15) is 0 Å². The molecule has 3 aromatic carbocycles. The predicted molar refractivity (Wildman–Crippen MR) is 249 cm³/mol. The fraction of sp³-hybridized carbons (Fsp3) is 0.417. The Kier molecular flexibility index (Phi) is 16.6. The molecular formula is C48H62N8O11. The number of aryl methyl sites for hydroxylation is 1. The second kappa shape index (κ2) is 21.7. The molecule has 0 aliphatic carbocycles. The molecule has 5 atom stereocenters. The molecule has 1 aliphatic heterocycles. The molecule has 0 saturated carbocycles. The van der Waals surface area contributed by atoms with Crippen LogP contribution < -0.4 is 42.6 Å². The number of aromatic nitrogens is 1. The molecule has 19 nitrogen and oxygen atoms in total. The van der Waals surface area contributed by atoms with Gasteiger partial charge in [-0.3, -0.25) is 24.2 Å². The van der Waals surface area contributed by atoms with Crippen molar-refractivity contribution in [3.63, 3.8) is 0 Å². The normalized spacial score (nSPS) is 17.3. The number of aliphatic carboxylic acids is 1. The lowest BCUT2D eigenvalue weighted by Gasteiger charge is -2.32. The Bertz CT molecular complexity index is 2510. The Morgan fingerprint density at radius 2 is 1.66 bits per heavy atom. The first kappa shape index (κ1) is 51.2. The van der Waals surface area contributed by atoms with Gasteiger partial charge in [-0.05, 0) is 104 Å². The molecule has 4 aromatic rings. The number of carbonyl (C=O) groups is 5. The van der Waals surface area contributed by atoms with Gasteiger partial charge in [-0.15, -0.1) is 0 Å². The summed E-state index contributed by atoms with van der Waals surface area (Å²) in [7, 11) is 1.31. The summed E-state index contributed by atoms with van der Waals surface area (Å²) >= 11 is 0. The molecule has 4 amide bonds. The van der Waals surface area contributed by atoms with Crippen molar-refractivity contribution in [1.29, 1.82) is 0 Å². The fourth-order valence-corrected chi connectivity index (χ4v) is 7.63. The number of nitrogens with zero attached hydrogens (tertiary/aromatic N) is 2. The first-order valence-corrected chi connectivity index (χ1v) is 21.9. The molecular weight excluding hydrogens is 865 g/mol. The predicted octanol–water partition coefficient (Wildman–Crippen LogP) is 2.27. The van der Waals surface area contributed by atoms with Crippen molar-refractivity contribution in [2.75, 3.05) is 33.4 Å². The number of aliphatic hydroxyl groups excluding tert-OH is 1. The quantitative estimate of drug-likeness (QED) is 0.0765. The minimum atomic E-state index is -1.61. The van der Waals surface area contributed by atoms with Crippen molar-refractivity contribution < 1.29 is 53.9 Å². The third-order valence-electron chi connectivity index (χ3n) is 11.4. The smallest absolute Gasteiger partial charge is 0.326 e. The monoisotopic (exact) mass is 926 g/mol. The molecule has 0 saturated heterocycles. The third-order valence-corrected chi connectivity index (χ3v) is 11.4. The Hall–Kier alpha value is -6.80. The van der Waals surface area contributed by atoms with Gasteiger partial charge >= 0.3 is 5.97 Å². The summed E-state index contributed by atoms with van der Waals surface area (Å²) in [6.45, 7) is 10.2. The number of nitrogens with one attached hydrogen (secondary N) is 3. The van der Waals surface area contributed by atoms with Crippen LogP contribution in [0.2, 0.25) is 0 Å². The summed E-state index contributed by atoms with van der Waals surface area (Å²) in [6.07, 6.45) is -0.903. The van der Waals surface area contributed by atoms with Crippen molar-refractivity contribution in [2.45, 2.75) is 96.6 Å². The summed E-state index contributed by atoms with van der Waals surface area (Å²) in [5, 5.41) is 51.1. The maximum absolute atomic E-state index is 14.5. The number of amides is 4. The standard InChI is InChI=1S/C48H62N8O11/c1-24-40(29(21-50)18-35(52-24)32-11-10-30(20-37(32)58)48(4,5)6)44(61)54-26(3)46(63)56(7)41-28-17-34(42(59)39(19-28)67-23-31(57)22-51)33-15-27(9-12-38(33)66-14-8-13-49)16-36(47(64)65)55-43(60)25(2)53-45(41)62/h9-12,15,17-20,25-26,31,36,41,57-59H,8,13-14,16,21-23,49-51H2,1-7H3,(H,53,62)(H,54,61)(H,55,60)(H,64,65)/t25-,26-,31+,36-,41-/m0/s1. The number of carboxylic acids is 1. The number of aliphatic hydroxyl groups is 1. The van der Waals surface area contributed by atoms with E-state index in [0.717, 1.165) is 10.5 Å². The summed E-state index contributed by atoms with van der Waals surface area (Å²) in [5.74, 6) is -5.00. The van der Waals surface area contributed by atoms with Gasteiger partial charge in [-0.25, -0.2) is 4.79 Å². The number of phenols is 2.